The Labute approximate surface area is 228 Å². The first-order chi connectivity index (χ1) is 18.0. The van der Waals surface area contributed by atoms with Crippen LogP contribution in [0.25, 0.3) is 5.57 Å². The topological polar surface area (TPSA) is 65.0 Å². The van der Waals surface area contributed by atoms with E-state index in [1.165, 1.54) is 5.57 Å². The molecule has 0 saturated carbocycles. The van der Waals surface area contributed by atoms with E-state index in [-0.39, 0.29) is 24.3 Å². The molecule has 208 valence electrons. The van der Waals surface area contributed by atoms with Crippen LogP contribution in [0.5, 0.6) is 0 Å². The van der Waals surface area contributed by atoms with Gasteiger partial charge in [-0.1, -0.05) is 75.3 Å². The van der Waals surface area contributed by atoms with Crippen LogP contribution in [0, 0.1) is 24.7 Å². The Morgan fingerprint density at radius 2 is 2.00 bits per heavy atom. The van der Waals surface area contributed by atoms with E-state index in [4.69, 9.17) is 14.2 Å². The Morgan fingerprint density at radius 1 is 1.21 bits per heavy atom. The van der Waals surface area contributed by atoms with Crippen molar-refractivity contribution >= 4 is 11.5 Å². The Morgan fingerprint density at radius 3 is 2.76 bits per heavy atom. The molecule has 0 aliphatic carbocycles. The van der Waals surface area contributed by atoms with Gasteiger partial charge in [0.2, 0.25) is 0 Å². The lowest BCUT2D eigenvalue weighted by Gasteiger charge is -2.50. The monoisotopic (exact) mass is 522 g/mol. The van der Waals surface area contributed by atoms with Crippen molar-refractivity contribution in [2.75, 3.05) is 6.61 Å². The minimum absolute atomic E-state index is 0.0248. The predicted octanol–water partition coefficient (Wildman–Crippen LogP) is 7.17. The van der Waals surface area contributed by atoms with Crippen molar-refractivity contribution in [2.24, 2.45) is 17.8 Å². The van der Waals surface area contributed by atoms with Gasteiger partial charge < -0.3 is 19.3 Å². The van der Waals surface area contributed by atoms with Gasteiger partial charge in [-0.2, -0.15) is 0 Å². The normalized spacial score (nSPS) is 32.2. The number of carbonyl (C=O) groups is 1. The SMILES string of the molecule is C/C(=C\C[C@@H]1C[C@H](O)C[C@]2(CC[C@H](C)[C@@H](C(C)C)O2)O1)C[C@@H](C)/C=C/C=C1/COC(=O)c2cc(C)ccc21. The lowest BCUT2D eigenvalue weighted by atomic mass is 9.83. The van der Waals surface area contributed by atoms with E-state index in [0.29, 0.717) is 42.8 Å². The third-order valence-electron chi connectivity index (χ3n) is 8.22. The molecule has 2 saturated heterocycles. The van der Waals surface area contributed by atoms with Gasteiger partial charge in [0.15, 0.2) is 5.79 Å². The maximum atomic E-state index is 12.1. The first-order valence-electron chi connectivity index (χ1n) is 14.4. The number of cyclic esters (lactones) is 1. The van der Waals surface area contributed by atoms with Crippen LogP contribution in [0.15, 0.2) is 48.1 Å². The number of ether oxygens (including phenoxy) is 3. The number of esters is 1. The molecule has 1 spiro atoms. The molecule has 5 heteroatoms. The van der Waals surface area contributed by atoms with Crippen molar-refractivity contribution in [3.05, 3.63) is 64.8 Å². The summed E-state index contributed by atoms with van der Waals surface area (Å²) >= 11 is 0. The van der Waals surface area contributed by atoms with Gasteiger partial charge in [0.05, 0.1) is 23.9 Å². The van der Waals surface area contributed by atoms with Gasteiger partial charge in [-0.3, -0.25) is 0 Å². The molecule has 2 fully saturated rings. The third kappa shape index (κ3) is 7.05. The Bertz CT molecular complexity index is 1080. The molecule has 0 radical (unpaired) electrons. The van der Waals surface area contributed by atoms with Crippen LogP contribution in [0.4, 0.5) is 0 Å². The summed E-state index contributed by atoms with van der Waals surface area (Å²) in [4.78, 5) is 12.1. The molecule has 0 unspecified atom stereocenters. The van der Waals surface area contributed by atoms with Gasteiger partial charge in [-0.15, -0.1) is 0 Å². The van der Waals surface area contributed by atoms with Crippen LogP contribution in [-0.4, -0.2) is 41.8 Å². The lowest BCUT2D eigenvalue weighted by molar-refractivity contribution is -0.339. The van der Waals surface area contributed by atoms with Gasteiger partial charge in [0.1, 0.15) is 6.61 Å². The second-order valence-electron chi connectivity index (χ2n) is 12.3. The average Bonchev–Trinajstić information content (AvgIpc) is 2.85. The molecule has 0 bridgehead atoms. The van der Waals surface area contributed by atoms with Crippen LogP contribution in [0.2, 0.25) is 0 Å². The highest BCUT2D eigenvalue weighted by molar-refractivity contribution is 5.99. The second-order valence-corrected chi connectivity index (χ2v) is 12.3. The van der Waals surface area contributed by atoms with Crippen molar-refractivity contribution in [3.8, 4) is 0 Å². The fourth-order valence-electron chi connectivity index (χ4n) is 6.25. The summed E-state index contributed by atoms with van der Waals surface area (Å²) in [6, 6.07) is 5.94. The first kappa shape index (κ1) is 28.8. The summed E-state index contributed by atoms with van der Waals surface area (Å²) in [7, 11) is 0. The number of hydrogen-bond donors (Lipinski definition) is 1. The van der Waals surface area contributed by atoms with E-state index in [0.717, 1.165) is 42.4 Å². The molecule has 1 N–H and O–H groups in total. The Kier molecular flexibility index (Phi) is 9.33. The minimum atomic E-state index is -0.639. The van der Waals surface area contributed by atoms with E-state index in [1.54, 1.807) is 0 Å². The van der Waals surface area contributed by atoms with Crippen molar-refractivity contribution in [1.82, 2.24) is 0 Å². The standard InChI is InChI=1S/C33H46O5/c1-21(2)31-25(6)14-15-33(38-31)19-27(34)18-28(37-33)12-10-23(4)16-22(3)8-7-9-26-20-36-32(35)30-17-24(5)11-13-29(26)30/h7-11,13,17,21-22,25,27-28,31,34H,12,14-16,18-20H2,1-6H3/b8-7+,23-10+,26-9-/t22-,25-,27-,28+,31+,33+/m0/s1. The highest BCUT2D eigenvalue weighted by atomic mass is 16.7. The highest BCUT2D eigenvalue weighted by Gasteiger charge is 2.47. The molecule has 38 heavy (non-hydrogen) atoms. The quantitative estimate of drug-likeness (QED) is 0.304. The zero-order valence-electron chi connectivity index (χ0n) is 24.0. The van der Waals surface area contributed by atoms with Crippen molar-refractivity contribution in [3.63, 3.8) is 0 Å². The van der Waals surface area contributed by atoms with E-state index in [1.807, 2.05) is 25.1 Å². The van der Waals surface area contributed by atoms with Crippen molar-refractivity contribution in [1.29, 1.82) is 0 Å². The summed E-state index contributed by atoms with van der Waals surface area (Å²) < 4.78 is 18.5. The number of hydrogen-bond acceptors (Lipinski definition) is 5. The molecule has 6 atom stereocenters. The fourth-order valence-corrected chi connectivity index (χ4v) is 6.25. The van der Waals surface area contributed by atoms with E-state index < -0.39 is 5.79 Å². The third-order valence-corrected chi connectivity index (χ3v) is 8.22. The van der Waals surface area contributed by atoms with E-state index >= 15 is 0 Å². The second kappa shape index (κ2) is 12.3. The molecular weight excluding hydrogens is 476 g/mol. The number of aliphatic hydroxyl groups excluding tert-OH is 1. The zero-order valence-corrected chi connectivity index (χ0v) is 24.0. The van der Waals surface area contributed by atoms with Crippen molar-refractivity contribution in [2.45, 2.75) is 104 Å². The maximum absolute atomic E-state index is 12.1. The molecule has 3 aliphatic heterocycles. The number of rotatable bonds is 7. The summed E-state index contributed by atoms with van der Waals surface area (Å²) in [6.07, 6.45) is 13.3. The van der Waals surface area contributed by atoms with Crippen LogP contribution >= 0.6 is 0 Å². The van der Waals surface area contributed by atoms with Crippen LogP contribution in [0.3, 0.4) is 0 Å². The average molecular weight is 523 g/mol. The van der Waals surface area contributed by atoms with Crippen LogP contribution in [-0.2, 0) is 14.2 Å². The smallest absolute Gasteiger partial charge is 0.339 e. The molecule has 3 heterocycles. The maximum Gasteiger partial charge on any atom is 0.339 e. The fraction of sp³-hybridized carbons (Fsp3) is 0.606. The van der Waals surface area contributed by atoms with E-state index in [9.17, 15) is 9.90 Å². The van der Waals surface area contributed by atoms with Gasteiger partial charge in [0, 0.05) is 19.3 Å². The predicted molar refractivity (Wildman–Crippen MR) is 152 cm³/mol. The van der Waals surface area contributed by atoms with Crippen LogP contribution in [0.1, 0.15) is 94.6 Å². The Balaban J connectivity index is 1.32. The molecule has 1 aromatic carbocycles. The summed E-state index contributed by atoms with van der Waals surface area (Å²) in [5.41, 5.74) is 5.00. The highest BCUT2D eigenvalue weighted by Crippen LogP contribution is 2.43. The van der Waals surface area contributed by atoms with Gasteiger partial charge in [0.25, 0.3) is 0 Å². The summed E-state index contributed by atoms with van der Waals surface area (Å²) in [6.45, 7) is 13.3. The van der Waals surface area contributed by atoms with Gasteiger partial charge in [-0.05, 0) is 68.1 Å². The molecule has 0 amide bonds. The lowest BCUT2D eigenvalue weighted by Crippen LogP contribution is -2.54. The first-order valence-corrected chi connectivity index (χ1v) is 14.4. The number of allylic oxidation sites excluding steroid dienone is 4. The summed E-state index contributed by atoms with van der Waals surface area (Å²) in [5.74, 6) is 0.429. The zero-order chi connectivity index (χ0) is 27.4. The minimum Gasteiger partial charge on any atom is -0.457 e. The number of carbonyl (C=O) groups excluding carboxylic acids is 1. The molecule has 4 rings (SSSR count). The molecule has 5 nitrogen and oxygen atoms in total. The number of fused-ring (bicyclic) bond motifs is 1. The summed E-state index contributed by atoms with van der Waals surface area (Å²) in [5, 5.41) is 10.7. The molecule has 3 aliphatic rings. The van der Waals surface area contributed by atoms with Crippen LogP contribution < -0.4 is 0 Å². The van der Waals surface area contributed by atoms with E-state index in [2.05, 4.69) is 58.9 Å². The largest absolute Gasteiger partial charge is 0.457 e. The molecule has 1 aromatic rings. The number of aryl methyl sites for hydroxylation is 1. The van der Waals surface area contributed by atoms with Gasteiger partial charge in [-0.25, -0.2) is 4.79 Å². The molecular formula is C33H46O5. The Hall–Kier alpha value is -2.21. The van der Waals surface area contributed by atoms with Gasteiger partial charge >= 0.3 is 5.97 Å². The van der Waals surface area contributed by atoms with Crippen molar-refractivity contribution < 1.29 is 24.1 Å². The number of benzene rings is 1. The molecule has 0 aromatic heterocycles. The number of aliphatic hydroxyl groups is 1.